The SMILES string of the molecule is Cn1nc(C2CCNCC2)nc1NC(=O)CCn1cnc2ccccc2c1=O. The predicted octanol–water partition coefficient (Wildman–Crippen LogP) is 1.02. The number of fused-ring (bicyclic) bond motifs is 1. The van der Waals surface area contributed by atoms with Crippen molar-refractivity contribution in [2.45, 2.75) is 31.7 Å². The van der Waals surface area contributed by atoms with Gasteiger partial charge in [0, 0.05) is 25.9 Å². The summed E-state index contributed by atoms with van der Waals surface area (Å²) in [5.74, 6) is 1.31. The van der Waals surface area contributed by atoms with Gasteiger partial charge in [-0.05, 0) is 38.1 Å². The number of carbonyl (C=O) groups excluding carboxylic acids is 1. The van der Waals surface area contributed by atoms with Gasteiger partial charge < -0.3 is 5.32 Å². The zero-order valence-electron chi connectivity index (χ0n) is 15.8. The average molecular weight is 381 g/mol. The standard InChI is InChI=1S/C19H23N7O2/c1-25-19(23-17(24-25)13-6-9-20-10-7-13)22-16(27)8-11-26-12-21-15-5-3-2-4-14(15)18(26)28/h2-5,12-13,20H,6-11H2,1H3,(H,22,23,24,27). The smallest absolute Gasteiger partial charge is 0.261 e. The molecule has 146 valence electrons. The number of piperidine rings is 1. The minimum Gasteiger partial charge on any atom is -0.317 e. The van der Waals surface area contributed by atoms with Crippen molar-refractivity contribution in [3.8, 4) is 0 Å². The van der Waals surface area contributed by atoms with E-state index < -0.39 is 0 Å². The number of nitrogens with one attached hydrogen (secondary N) is 2. The Kier molecular flexibility index (Phi) is 5.16. The van der Waals surface area contributed by atoms with E-state index in [4.69, 9.17) is 0 Å². The van der Waals surface area contributed by atoms with Crippen molar-refractivity contribution in [2.75, 3.05) is 18.4 Å². The molecule has 9 nitrogen and oxygen atoms in total. The molecule has 1 amide bonds. The number of hydrogen-bond acceptors (Lipinski definition) is 6. The summed E-state index contributed by atoms with van der Waals surface area (Å²) < 4.78 is 3.05. The van der Waals surface area contributed by atoms with Crippen LogP contribution < -0.4 is 16.2 Å². The van der Waals surface area contributed by atoms with Crippen LogP contribution in [0.3, 0.4) is 0 Å². The number of para-hydroxylation sites is 1. The molecule has 0 spiro atoms. The van der Waals surface area contributed by atoms with E-state index in [1.807, 2.05) is 6.07 Å². The molecule has 1 aliphatic rings. The Morgan fingerprint density at radius 2 is 2.07 bits per heavy atom. The van der Waals surface area contributed by atoms with E-state index in [0.717, 1.165) is 31.8 Å². The third-order valence-electron chi connectivity index (χ3n) is 5.05. The van der Waals surface area contributed by atoms with Gasteiger partial charge in [-0.15, -0.1) is 0 Å². The molecule has 1 aromatic carbocycles. The van der Waals surface area contributed by atoms with Crippen LogP contribution in [0.5, 0.6) is 0 Å². The van der Waals surface area contributed by atoms with E-state index in [9.17, 15) is 9.59 Å². The predicted molar refractivity (Wildman–Crippen MR) is 105 cm³/mol. The van der Waals surface area contributed by atoms with Crippen LogP contribution in [0.25, 0.3) is 10.9 Å². The Hall–Kier alpha value is -3.07. The molecule has 3 aromatic rings. The van der Waals surface area contributed by atoms with Gasteiger partial charge in [-0.3, -0.25) is 19.5 Å². The molecule has 0 unspecified atom stereocenters. The molecule has 1 saturated heterocycles. The number of carbonyl (C=O) groups is 1. The molecule has 1 fully saturated rings. The molecule has 1 aliphatic heterocycles. The van der Waals surface area contributed by atoms with Crippen LogP contribution >= 0.6 is 0 Å². The van der Waals surface area contributed by atoms with Crippen molar-refractivity contribution in [1.29, 1.82) is 0 Å². The number of aryl methyl sites for hydroxylation is 2. The van der Waals surface area contributed by atoms with Crippen LogP contribution in [0.15, 0.2) is 35.4 Å². The van der Waals surface area contributed by atoms with Crippen LogP contribution in [-0.2, 0) is 18.4 Å². The van der Waals surface area contributed by atoms with Gasteiger partial charge in [0.05, 0.1) is 17.2 Å². The third-order valence-corrected chi connectivity index (χ3v) is 5.05. The molecular weight excluding hydrogens is 358 g/mol. The molecule has 2 aromatic heterocycles. The average Bonchev–Trinajstić information content (AvgIpc) is 3.09. The minimum atomic E-state index is -0.215. The lowest BCUT2D eigenvalue weighted by Crippen LogP contribution is -2.27. The van der Waals surface area contributed by atoms with Crippen LogP contribution in [-0.4, -0.2) is 43.3 Å². The lowest BCUT2D eigenvalue weighted by Gasteiger charge is -2.19. The second kappa shape index (κ2) is 7.89. The fourth-order valence-corrected chi connectivity index (χ4v) is 3.44. The maximum atomic E-state index is 12.5. The maximum Gasteiger partial charge on any atom is 0.261 e. The third kappa shape index (κ3) is 3.79. The van der Waals surface area contributed by atoms with Gasteiger partial charge in [0.15, 0.2) is 5.82 Å². The molecule has 0 aliphatic carbocycles. The molecule has 0 saturated carbocycles. The van der Waals surface area contributed by atoms with E-state index in [0.29, 0.717) is 22.8 Å². The van der Waals surface area contributed by atoms with Gasteiger partial charge in [0.1, 0.15) is 0 Å². The number of nitrogens with zero attached hydrogens (tertiary/aromatic N) is 5. The molecular formula is C19H23N7O2. The van der Waals surface area contributed by atoms with E-state index in [1.165, 1.54) is 10.9 Å². The zero-order chi connectivity index (χ0) is 19.5. The van der Waals surface area contributed by atoms with Crippen LogP contribution in [0, 0.1) is 0 Å². The van der Waals surface area contributed by atoms with E-state index in [1.54, 1.807) is 29.9 Å². The van der Waals surface area contributed by atoms with Crippen LogP contribution in [0.2, 0.25) is 0 Å². The summed E-state index contributed by atoms with van der Waals surface area (Å²) in [6.07, 6.45) is 3.62. The summed E-state index contributed by atoms with van der Waals surface area (Å²) in [4.78, 5) is 33.6. The number of hydrogen-bond donors (Lipinski definition) is 2. The quantitative estimate of drug-likeness (QED) is 0.683. The Bertz CT molecular complexity index is 1050. The van der Waals surface area contributed by atoms with Crippen molar-refractivity contribution < 1.29 is 4.79 Å². The number of amides is 1. The summed E-state index contributed by atoms with van der Waals surface area (Å²) in [5, 5.41) is 11.1. The summed E-state index contributed by atoms with van der Waals surface area (Å²) in [6.45, 7) is 2.17. The van der Waals surface area contributed by atoms with Gasteiger partial charge in [0.25, 0.3) is 5.56 Å². The van der Waals surface area contributed by atoms with E-state index in [-0.39, 0.29) is 24.4 Å². The highest BCUT2D eigenvalue weighted by atomic mass is 16.2. The van der Waals surface area contributed by atoms with Crippen LogP contribution in [0.1, 0.15) is 31.0 Å². The lowest BCUT2D eigenvalue weighted by atomic mass is 9.98. The Labute approximate surface area is 161 Å². The number of rotatable bonds is 5. The Morgan fingerprint density at radius 3 is 2.89 bits per heavy atom. The van der Waals surface area contributed by atoms with E-state index in [2.05, 4.69) is 25.7 Å². The molecule has 4 rings (SSSR count). The Balaban J connectivity index is 1.40. The highest BCUT2D eigenvalue weighted by molar-refractivity contribution is 5.89. The van der Waals surface area contributed by atoms with Crippen LogP contribution in [0.4, 0.5) is 5.95 Å². The van der Waals surface area contributed by atoms with Gasteiger partial charge in [0.2, 0.25) is 11.9 Å². The second-order valence-corrected chi connectivity index (χ2v) is 7.00. The summed E-state index contributed by atoms with van der Waals surface area (Å²) in [6, 6.07) is 7.17. The minimum absolute atomic E-state index is 0.148. The van der Waals surface area contributed by atoms with Gasteiger partial charge in [-0.25, -0.2) is 9.67 Å². The highest BCUT2D eigenvalue weighted by Crippen LogP contribution is 2.23. The second-order valence-electron chi connectivity index (χ2n) is 7.00. The molecule has 0 bridgehead atoms. The van der Waals surface area contributed by atoms with Gasteiger partial charge in [-0.2, -0.15) is 10.1 Å². The molecule has 9 heteroatoms. The fraction of sp³-hybridized carbons (Fsp3) is 0.421. The Morgan fingerprint density at radius 1 is 1.29 bits per heavy atom. The van der Waals surface area contributed by atoms with Gasteiger partial charge in [-0.1, -0.05) is 12.1 Å². The van der Waals surface area contributed by atoms with Crippen molar-refractivity contribution in [2.24, 2.45) is 7.05 Å². The first-order chi connectivity index (χ1) is 13.6. The normalized spacial score (nSPS) is 15.0. The molecule has 28 heavy (non-hydrogen) atoms. The summed E-state index contributed by atoms with van der Waals surface area (Å²) >= 11 is 0. The number of benzene rings is 1. The van der Waals surface area contributed by atoms with Gasteiger partial charge >= 0.3 is 0 Å². The lowest BCUT2D eigenvalue weighted by molar-refractivity contribution is -0.116. The largest absolute Gasteiger partial charge is 0.317 e. The van der Waals surface area contributed by atoms with Crippen molar-refractivity contribution in [3.05, 3.63) is 46.8 Å². The van der Waals surface area contributed by atoms with E-state index >= 15 is 0 Å². The number of anilines is 1. The summed E-state index contributed by atoms with van der Waals surface area (Å²) in [7, 11) is 1.77. The zero-order valence-corrected chi connectivity index (χ0v) is 15.8. The highest BCUT2D eigenvalue weighted by Gasteiger charge is 2.21. The first-order valence-corrected chi connectivity index (χ1v) is 9.47. The van der Waals surface area contributed by atoms with Crippen molar-refractivity contribution >= 4 is 22.8 Å². The summed E-state index contributed by atoms with van der Waals surface area (Å²) in [5.41, 5.74) is 0.503. The van der Waals surface area contributed by atoms with Crippen molar-refractivity contribution in [3.63, 3.8) is 0 Å². The topological polar surface area (TPSA) is 107 Å². The number of aromatic nitrogens is 5. The monoisotopic (exact) mass is 381 g/mol. The molecule has 3 heterocycles. The molecule has 2 N–H and O–H groups in total. The van der Waals surface area contributed by atoms with Crippen molar-refractivity contribution in [1.82, 2.24) is 29.6 Å². The first-order valence-electron chi connectivity index (χ1n) is 9.47. The maximum absolute atomic E-state index is 12.5. The molecule has 0 radical (unpaired) electrons. The molecule has 0 atom stereocenters. The first kappa shape index (κ1) is 18.3. The fourth-order valence-electron chi connectivity index (χ4n) is 3.44.